The quantitative estimate of drug-likeness (QED) is 0.574. The standard InChI is InChI=1S/C23H26FN3O2S/c1-23(2,3)15-7-9-16(10-8-15)25-21(28)27-13-11-17(12-14-27)29-22-26-20-18(24)5-4-6-19(20)30-22/h4-10,17H,11-14H2,1-3H3,(H,25,28). The number of carbonyl (C=O) groups is 1. The van der Waals surface area contributed by atoms with Crippen molar-refractivity contribution in [3.63, 3.8) is 0 Å². The summed E-state index contributed by atoms with van der Waals surface area (Å²) in [6, 6.07) is 12.8. The van der Waals surface area contributed by atoms with Crippen molar-refractivity contribution < 1.29 is 13.9 Å². The number of benzene rings is 2. The van der Waals surface area contributed by atoms with Crippen LogP contribution < -0.4 is 10.1 Å². The highest BCUT2D eigenvalue weighted by Crippen LogP contribution is 2.31. The first-order chi connectivity index (χ1) is 14.3. The summed E-state index contributed by atoms with van der Waals surface area (Å²) in [6.45, 7) is 7.71. The Bertz CT molecular complexity index is 1030. The zero-order chi connectivity index (χ0) is 21.3. The Hall–Kier alpha value is -2.67. The molecular formula is C23H26FN3O2S. The third-order valence-electron chi connectivity index (χ3n) is 5.35. The molecule has 2 amide bonds. The summed E-state index contributed by atoms with van der Waals surface area (Å²) in [5.41, 5.74) is 2.46. The number of piperidine rings is 1. The summed E-state index contributed by atoms with van der Waals surface area (Å²) in [5, 5.41) is 3.46. The molecular weight excluding hydrogens is 401 g/mol. The van der Waals surface area contributed by atoms with Crippen molar-refractivity contribution in [2.75, 3.05) is 18.4 Å². The zero-order valence-corrected chi connectivity index (χ0v) is 18.3. The normalized spacial score (nSPS) is 15.4. The summed E-state index contributed by atoms with van der Waals surface area (Å²) in [6.07, 6.45) is 1.41. The highest BCUT2D eigenvalue weighted by molar-refractivity contribution is 7.20. The highest BCUT2D eigenvalue weighted by Gasteiger charge is 2.25. The molecule has 158 valence electrons. The second-order valence-corrected chi connectivity index (χ2v) is 9.62. The first-order valence-corrected chi connectivity index (χ1v) is 11.0. The predicted octanol–water partition coefficient (Wildman–Crippen LogP) is 5.81. The number of carbonyl (C=O) groups excluding carboxylic acids is 1. The molecule has 1 saturated heterocycles. The number of anilines is 1. The van der Waals surface area contributed by atoms with E-state index in [4.69, 9.17) is 4.74 Å². The number of hydrogen-bond acceptors (Lipinski definition) is 4. The van der Waals surface area contributed by atoms with Gasteiger partial charge in [-0.05, 0) is 35.2 Å². The van der Waals surface area contributed by atoms with Gasteiger partial charge in [0.25, 0.3) is 5.19 Å². The molecule has 1 aliphatic heterocycles. The van der Waals surface area contributed by atoms with Crippen LogP contribution >= 0.6 is 11.3 Å². The number of urea groups is 1. The smallest absolute Gasteiger partial charge is 0.321 e. The van der Waals surface area contributed by atoms with Crippen LogP contribution in [0.2, 0.25) is 0 Å². The van der Waals surface area contributed by atoms with Gasteiger partial charge in [-0.1, -0.05) is 50.3 Å². The van der Waals surface area contributed by atoms with Gasteiger partial charge in [0.2, 0.25) is 0 Å². The van der Waals surface area contributed by atoms with Crippen LogP contribution in [0.4, 0.5) is 14.9 Å². The number of nitrogens with one attached hydrogen (secondary N) is 1. The van der Waals surface area contributed by atoms with Crippen LogP contribution in [-0.2, 0) is 5.41 Å². The lowest BCUT2D eigenvalue weighted by molar-refractivity contribution is 0.115. The highest BCUT2D eigenvalue weighted by atomic mass is 32.1. The molecule has 1 aliphatic rings. The van der Waals surface area contributed by atoms with Crippen molar-refractivity contribution in [1.82, 2.24) is 9.88 Å². The summed E-state index contributed by atoms with van der Waals surface area (Å²) in [7, 11) is 0. The van der Waals surface area contributed by atoms with Crippen LogP contribution in [-0.4, -0.2) is 35.1 Å². The summed E-state index contributed by atoms with van der Waals surface area (Å²) in [4.78, 5) is 18.7. The number of rotatable bonds is 3. The molecule has 0 atom stereocenters. The Balaban J connectivity index is 1.30. The number of amides is 2. The number of para-hydroxylation sites is 1. The molecule has 0 aliphatic carbocycles. The summed E-state index contributed by atoms with van der Waals surface area (Å²) in [5.74, 6) is -0.333. The van der Waals surface area contributed by atoms with E-state index in [1.54, 1.807) is 11.0 Å². The van der Waals surface area contributed by atoms with Crippen molar-refractivity contribution in [2.45, 2.75) is 45.1 Å². The van der Waals surface area contributed by atoms with Crippen LogP contribution in [0.3, 0.4) is 0 Å². The number of ether oxygens (including phenoxy) is 1. The van der Waals surface area contributed by atoms with Gasteiger partial charge in [0.05, 0.1) is 4.70 Å². The fraction of sp³-hybridized carbons (Fsp3) is 0.391. The molecule has 0 radical (unpaired) electrons. The van der Waals surface area contributed by atoms with Crippen molar-refractivity contribution in [3.05, 3.63) is 53.8 Å². The van der Waals surface area contributed by atoms with Crippen molar-refractivity contribution in [3.8, 4) is 5.19 Å². The third kappa shape index (κ3) is 4.56. The Kier molecular flexibility index (Phi) is 5.64. The Morgan fingerprint density at radius 2 is 1.87 bits per heavy atom. The van der Waals surface area contributed by atoms with E-state index in [2.05, 4.69) is 43.2 Å². The average Bonchev–Trinajstić information content (AvgIpc) is 3.12. The molecule has 0 spiro atoms. The molecule has 0 bridgehead atoms. The number of nitrogens with zero attached hydrogens (tertiary/aromatic N) is 2. The minimum atomic E-state index is -0.333. The lowest BCUT2D eigenvalue weighted by Gasteiger charge is -2.31. The van der Waals surface area contributed by atoms with E-state index in [1.165, 1.54) is 23.0 Å². The summed E-state index contributed by atoms with van der Waals surface area (Å²) < 4.78 is 20.6. The van der Waals surface area contributed by atoms with E-state index < -0.39 is 0 Å². The van der Waals surface area contributed by atoms with Gasteiger partial charge in [-0.15, -0.1) is 0 Å². The van der Waals surface area contributed by atoms with E-state index in [9.17, 15) is 9.18 Å². The fourth-order valence-corrected chi connectivity index (χ4v) is 4.42. The maximum atomic E-state index is 13.8. The Labute approximate surface area is 179 Å². The number of thiazole rings is 1. The molecule has 0 unspecified atom stereocenters. The lowest BCUT2D eigenvalue weighted by Crippen LogP contribution is -2.43. The first-order valence-electron chi connectivity index (χ1n) is 10.2. The van der Waals surface area contributed by atoms with Gasteiger partial charge in [-0.3, -0.25) is 0 Å². The topological polar surface area (TPSA) is 54.5 Å². The zero-order valence-electron chi connectivity index (χ0n) is 17.4. The van der Waals surface area contributed by atoms with Crippen molar-refractivity contribution in [2.24, 2.45) is 0 Å². The Morgan fingerprint density at radius 3 is 2.50 bits per heavy atom. The van der Waals surface area contributed by atoms with Gasteiger partial charge in [-0.2, -0.15) is 4.98 Å². The largest absolute Gasteiger partial charge is 0.467 e. The lowest BCUT2D eigenvalue weighted by atomic mass is 9.87. The molecule has 30 heavy (non-hydrogen) atoms. The van der Waals surface area contributed by atoms with Crippen LogP contribution in [0, 0.1) is 5.82 Å². The monoisotopic (exact) mass is 427 g/mol. The third-order valence-corrected chi connectivity index (χ3v) is 6.26. The average molecular weight is 428 g/mol. The van der Waals surface area contributed by atoms with Gasteiger partial charge in [0.1, 0.15) is 17.4 Å². The second-order valence-electron chi connectivity index (χ2n) is 8.63. The molecule has 0 saturated carbocycles. The van der Waals surface area contributed by atoms with Gasteiger partial charge in [-0.25, -0.2) is 9.18 Å². The number of halogens is 1. The maximum absolute atomic E-state index is 13.8. The molecule has 1 fully saturated rings. The second kappa shape index (κ2) is 8.22. The van der Waals surface area contributed by atoms with Crippen molar-refractivity contribution in [1.29, 1.82) is 0 Å². The van der Waals surface area contributed by atoms with E-state index in [0.29, 0.717) is 23.8 Å². The number of hydrogen-bond donors (Lipinski definition) is 1. The SMILES string of the molecule is CC(C)(C)c1ccc(NC(=O)N2CCC(Oc3nc4c(F)cccc4s3)CC2)cc1. The summed E-state index contributed by atoms with van der Waals surface area (Å²) >= 11 is 1.35. The van der Waals surface area contributed by atoms with Gasteiger partial charge in [0.15, 0.2) is 0 Å². The van der Waals surface area contributed by atoms with Gasteiger partial charge in [0, 0.05) is 31.6 Å². The van der Waals surface area contributed by atoms with E-state index in [1.807, 2.05) is 18.2 Å². The van der Waals surface area contributed by atoms with E-state index in [0.717, 1.165) is 23.2 Å². The molecule has 2 aromatic carbocycles. The van der Waals surface area contributed by atoms with Gasteiger partial charge >= 0.3 is 6.03 Å². The Morgan fingerprint density at radius 1 is 1.17 bits per heavy atom. The number of aromatic nitrogens is 1. The molecule has 7 heteroatoms. The van der Waals surface area contributed by atoms with E-state index in [-0.39, 0.29) is 23.4 Å². The maximum Gasteiger partial charge on any atom is 0.321 e. The fourth-order valence-electron chi connectivity index (χ4n) is 3.52. The van der Waals surface area contributed by atoms with Crippen molar-refractivity contribution >= 4 is 33.3 Å². The molecule has 1 N–H and O–H groups in total. The molecule has 1 aromatic heterocycles. The first kappa shape index (κ1) is 20.6. The molecule has 3 aromatic rings. The number of fused-ring (bicyclic) bond motifs is 1. The van der Waals surface area contributed by atoms with Crippen LogP contribution in [0.25, 0.3) is 10.2 Å². The molecule has 2 heterocycles. The van der Waals surface area contributed by atoms with Gasteiger partial charge < -0.3 is 15.0 Å². The van der Waals surface area contributed by atoms with Crippen LogP contribution in [0.1, 0.15) is 39.2 Å². The van der Waals surface area contributed by atoms with Crippen LogP contribution in [0.5, 0.6) is 5.19 Å². The molecule has 4 rings (SSSR count). The minimum Gasteiger partial charge on any atom is -0.467 e. The minimum absolute atomic E-state index is 0.0243. The molecule has 5 nitrogen and oxygen atoms in total. The predicted molar refractivity (Wildman–Crippen MR) is 119 cm³/mol. The van der Waals surface area contributed by atoms with E-state index >= 15 is 0 Å². The van der Waals surface area contributed by atoms with Crippen LogP contribution in [0.15, 0.2) is 42.5 Å². The number of likely N-dealkylation sites (tertiary alicyclic amines) is 1.